The van der Waals surface area contributed by atoms with Gasteiger partial charge in [-0.2, -0.15) is 13.2 Å². The van der Waals surface area contributed by atoms with Crippen LogP contribution in [0.4, 0.5) is 13.2 Å². The van der Waals surface area contributed by atoms with Gasteiger partial charge >= 0.3 is 6.18 Å². The molecule has 4 nitrogen and oxygen atoms in total. The Morgan fingerprint density at radius 2 is 1.74 bits per heavy atom. The predicted molar refractivity (Wildman–Crippen MR) is 78.6 cm³/mol. The summed E-state index contributed by atoms with van der Waals surface area (Å²) in [5.41, 5.74) is -0.404. The zero-order chi connectivity index (χ0) is 17.0. The van der Waals surface area contributed by atoms with Crippen molar-refractivity contribution in [3.8, 4) is 0 Å². The van der Waals surface area contributed by atoms with Gasteiger partial charge in [-0.3, -0.25) is 9.59 Å². The zero-order valence-electron chi connectivity index (χ0n) is 12.9. The number of amides is 2. The highest BCUT2D eigenvalue weighted by Crippen LogP contribution is 2.29. The van der Waals surface area contributed by atoms with Crippen LogP contribution in [0.25, 0.3) is 0 Å². The number of hydrogen-bond donors (Lipinski definition) is 0. The molecular weight excluding hydrogens is 309 g/mol. The summed E-state index contributed by atoms with van der Waals surface area (Å²) < 4.78 is 38.1. The molecule has 2 amide bonds. The summed E-state index contributed by atoms with van der Waals surface area (Å²) in [5.74, 6) is -0.244. The highest BCUT2D eigenvalue weighted by molar-refractivity contribution is 5.79. The lowest BCUT2D eigenvalue weighted by Gasteiger charge is -2.21. The molecule has 1 aliphatic rings. The smallest absolute Gasteiger partial charge is 0.341 e. The first-order chi connectivity index (χ1) is 10.8. The van der Waals surface area contributed by atoms with Crippen LogP contribution in [-0.2, 0) is 22.2 Å². The van der Waals surface area contributed by atoms with Crippen LogP contribution in [0.1, 0.15) is 24.5 Å². The summed E-state index contributed by atoms with van der Waals surface area (Å²) in [6.45, 7) is 3.48. The summed E-state index contributed by atoms with van der Waals surface area (Å²) in [7, 11) is 0. The van der Waals surface area contributed by atoms with Gasteiger partial charge in [0.2, 0.25) is 11.8 Å². The highest BCUT2D eigenvalue weighted by atomic mass is 19.4. The topological polar surface area (TPSA) is 40.6 Å². The Balaban J connectivity index is 2.00. The number of nitrogens with zero attached hydrogens (tertiary/aromatic N) is 2. The van der Waals surface area contributed by atoms with E-state index in [4.69, 9.17) is 0 Å². The second-order valence-corrected chi connectivity index (χ2v) is 5.62. The molecule has 0 spiro atoms. The van der Waals surface area contributed by atoms with Crippen molar-refractivity contribution < 1.29 is 22.8 Å². The fourth-order valence-corrected chi connectivity index (χ4v) is 2.63. The average Bonchev–Trinajstić information content (AvgIpc) is 2.72. The van der Waals surface area contributed by atoms with Crippen LogP contribution in [0.2, 0.25) is 0 Å². The summed E-state index contributed by atoms with van der Waals surface area (Å²) in [5, 5.41) is 0. The maximum absolute atomic E-state index is 12.7. The van der Waals surface area contributed by atoms with Crippen LogP contribution in [-0.4, -0.2) is 47.8 Å². The Bertz CT molecular complexity index is 587. The first-order valence-electron chi connectivity index (χ1n) is 7.47. The Hall–Kier alpha value is -2.05. The molecule has 2 rings (SSSR count). The summed E-state index contributed by atoms with van der Waals surface area (Å²) in [4.78, 5) is 27.0. The van der Waals surface area contributed by atoms with E-state index in [1.54, 1.807) is 9.80 Å². The SMILES string of the molecule is CC(=O)N1CCCN(C(=O)Cc2cccc(C(F)(F)F)c2)CC1. The summed E-state index contributed by atoms with van der Waals surface area (Å²) in [6.07, 6.45) is -3.80. The standard InChI is InChI=1S/C16H19F3N2O2/c1-12(22)20-6-3-7-21(9-8-20)15(23)11-13-4-2-5-14(10-13)16(17,18)19/h2,4-5,10H,3,6-9,11H2,1H3. The van der Waals surface area contributed by atoms with Crippen molar-refractivity contribution in [2.75, 3.05) is 26.2 Å². The maximum atomic E-state index is 12.7. The molecule has 7 heteroatoms. The van der Waals surface area contributed by atoms with Crippen LogP contribution in [0.15, 0.2) is 24.3 Å². The number of hydrogen-bond acceptors (Lipinski definition) is 2. The van der Waals surface area contributed by atoms with Crippen LogP contribution in [0.5, 0.6) is 0 Å². The number of carbonyl (C=O) groups is 2. The molecule has 0 bridgehead atoms. The van der Waals surface area contributed by atoms with Gasteiger partial charge in [0.1, 0.15) is 0 Å². The van der Waals surface area contributed by atoms with Crippen LogP contribution in [0.3, 0.4) is 0 Å². The Morgan fingerprint density at radius 3 is 2.39 bits per heavy atom. The fraction of sp³-hybridized carbons (Fsp3) is 0.500. The molecule has 0 aliphatic carbocycles. The molecule has 1 heterocycles. The molecule has 23 heavy (non-hydrogen) atoms. The third-order valence-electron chi connectivity index (χ3n) is 3.90. The molecule has 126 valence electrons. The van der Waals surface area contributed by atoms with Gasteiger partial charge in [0, 0.05) is 33.1 Å². The Kier molecular flexibility index (Phi) is 5.28. The van der Waals surface area contributed by atoms with Crippen molar-refractivity contribution in [2.45, 2.75) is 25.9 Å². The van der Waals surface area contributed by atoms with E-state index in [0.29, 0.717) is 38.2 Å². The van der Waals surface area contributed by atoms with E-state index in [2.05, 4.69) is 0 Å². The van der Waals surface area contributed by atoms with Gasteiger partial charge in [-0.25, -0.2) is 0 Å². The maximum Gasteiger partial charge on any atom is 0.416 e. The molecule has 1 saturated heterocycles. The van der Waals surface area contributed by atoms with E-state index in [0.717, 1.165) is 12.1 Å². The van der Waals surface area contributed by atoms with Crippen molar-refractivity contribution in [1.29, 1.82) is 0 Å². The van der Waals surface area contributed by atoms with E-state index in [9.17, 15) is 22.8 Å². The van der Waals surface area contributed by atoms with E-state index < -0.39 is 11.7 Å². The molecule has 0 radical (unpaired) electrons. The lowest BCUT2D eigenvalue weighted by Crippen LogP contribution is -2.37. The number of benzene rings is 1. The third kappa shape index (κ3) is 4.71. The molecular formula is C16H19F3N2O2. The third-order valence-corrected chi connectivity index (χ3v) is 3.90. The second kappa shape index (κ2) is 7.02. The molecule has 0 saturated carbocycles. The van der Waals surface area contributed by atoms with Gasteiger partial charge in [-0.15, -0.1) is 0 Å². The average molecular weight is 328 g/mol. The van der Waals surface area contributed by atoms with Gasteiger partial charge in [0.15, 0.2) is 0 Å². The first kappa shape index (κ1) is 17.3. The molecule has 1 fully saturated rings. The Labute approximate surface area is 132 Å². The molecule has 0 N–H and O–H groups in total. The largest absolute Gasteiger partial charge is 0.416 e. The molecule has 0 atom stereocenters. The quantitative estimate of drug-likeness (QED) is 0.836. The number of alkyl halides is 3. The zero-order valence-corrected chi connectivity index (χ0v) is 12.9. The van der Waals surface area contributed by atoms with Crippen LogP contribution < -0.4 is 0 Å². The van der Waals surface area contributed by atoms with Crippen molar-refractivity contribution in [2.24, 2.45) is 0 Å². The van der Waals surface area contributed by atoms with Crippen molar-refractivity contribution in [1.82, 2.24) is 9.80 Å². The van der Waals surface area contributed by atoms with Gasteiger partial charge in [-0.05, 0) is 18.1 Å². The molecule has 1 aliphatic heterocycles. The van der Waals surface area contributed by atoms with E-state index in [1.165, 1.54) is 19.1 Å². The second-order valence-electron chi connectivity index (χ2n) is 5.62. The predicted octanol–water partition coefficient (Wildman–Crippen LogP) is 2.33. The minimum Gasteiger partial charge on any atom is -0.341 e. The monoisotopic (exact) mass is 328 g/mol. The van der Waals surface area contributed by atoms with Gasteiger partial charge in [-0.1, -0.05) is 18.2 Å². The van der Waals surface area contributed by atoms with Crippen molar-refractivity contribution in [3.05, 3.63) is 35.4 Å². The molecule has 0 aromatic heterocycles. The molecule has 1 aromatic carbocycles. The minimum atomic E-state index is -4.41. The Morgan fingerprint density at radius 1 is 1.09 bits per heavy atom. The lowest BCUT2D eigenvalue weighted by atomic mass is 10.1. The first-order valence-corrected chi connectivity index (χ1v) is 7.47. The van der Waals surface area contributed by atoms with Crippen LogP contribution in [0, 0.1) is 0 Å². The van der Waals surface area contributed by atoms with E-state index >= 15 is 0 Å². The van der Waals surface area contributed by atoms with Gasteiger partial charge < -0.3 is 9.80 Å². The van der Waals surface area contributed by atoms with Gasteiger partial charge in [0.05, 0.1) is 12.0 Å². The number of carbonyl (C=O) groups excluding carboxylic acids is 2. The highest BCUT2D eigenvalue weighted by Gasteiger charge is 2.30. The minimum absolute atomic E-state index is 0.0304. The number of halogens is 3. The molecule has 1 aromatic rings. The van der Waals surface area contributed by atoms with Crippen molar-refractivity contribution in [3.63, 3.8) is 0 Å². The van der Waals surface area contributed by atoms with Crippen LogP contribution >= 0.6 is 0 Å². The van der Waals surface area contributed by atoms with Gasteiger partial charge in [0.25, 0.3) is 0 Å². The summed E-state index contributed by atoms with van der Waals surface area (Å²) >= 11 is 0. The molecule has 0 unspecified atom stereocenters. The number of rotatable bonds is 2. The lowest BCUT2D eigenvalue weighted by molar-refractivity contribution is -0.138. The van der Waals surface area contributed by atoms with E-state index in [1.807, 2.05) is 0 Å². The normalized spacial score (nSPS) is 16.2. The fourth-order valence-electron chi connectivity index (χ4n) is 2.63. The summed E-state index contributed by atoms with van der Waals surface area (Å²) in [6, 6.07) is 4.83. The van der Waals surface area contributed by atoms with E-state index in [-0.39, 0.29) is 18.2 Å². The van der Waals surface area contributed by atoms with Crippen molar-refractivity contribution >= 4 is 11.8 Å².